The van der Waals surface area contributed by atoms with Crippen LogP contribution < -0.4 is 5.32 Å². The van der Waals surface area contributed by atoms with Crippen molar-refractivity contribution in [2.75, 3.05) is 6.54 Å². The van der Waals surface area contributed by atoms with Crippen molar-refractivity contribution in [3.8, 4) is 0 Å². The van der Waals surface area contributed by atoms with E-state index in [4.69, 9.17) is 0 Å². The summed E-state index contributed by atoms with van der Waals surface area (Å²) in [6.45, 7) is 4.75. The molecule has 4 amide bonds. The van der Waals surface area contributed by atoms with Gasteiger partial charge in [0.25, 0.3) is 5.91 Å². The summed E-state index contributed by atoms with van der Waals surface area (Å²) in [7, 11) is 0. The third-order valence-electron chi connectivity index (χ3n) is 5.52. The summed E-state index contributed by atoms with van der Waals surface area (Å²) in [4.78, 5) is 40.5. The zero-order valence-electron chi connectivity index (χ0n) is 15.6. The molecular weight excluding hydrogens is 356 g/mol. The molecule has 6 nitrogen and oxygen atoms in total. The van der Waals surface area contributed by atoms with E-state index in [1.165, 1.54) is 6.92 Å². The smallest absolute Gasteiger partial charge is 0.325 e. The summed E-state index contributed by atoms with van der Waals surface area (Å²) in [5.74, 6) is -2.64. The van der Waals surface area contributed by atoms with Gasteiger partial charge >= 0.3 is 6.03 Å². The van der Waals surface area contributed by atoms with Crippen LogP contribution in [0.4, 0.5) is 13.6 Å². The van der Waals surface area contributed by atoms with Crippen LogP contribution in [0.25, 0.3) is 0 Å². The van der Waals surface area contributed by atoms with E-state index in [1.54, 1.807) is 4.90 Å². The third-order valence-corrected chi connectivity index (χ3v) is 5.52. The molecule has 0 radical (unpaired) electrons. The lowest BCUT2D eigenvalue weighted by Gasteiger charge is -2.39. The van der Waals surface area contributed by atoms with Crippen molar-refractivity contribution in [3.05, 3.63) is 35.4 Å². The van der Waals surface area contributed by atoms with Crippen LogP contribution in [-0.2, 0) is 15.1 Å². The van der Waals surface area contributed by atoms with Gasteiger partial charge in [0.2, 0.25) is 5.91 Å². The molecule has 0 unspecified atom stereocenters. The Morgan fingerprint density at radius 2 is 1.85 bits per heavy atom. The second-order valence-corrected chi connectivity index (χ2v) is 7.50. The van der Waals surface area contributed by atoms with E-state index < -0.39 is 35.7 Å². The maximum Gasteiger partial charge on any atom is 0.325 e. The number of likely N-dealkylation sites (tertiary alicyclic amines) is 1. The number of carbonyl (C=O) groups is 3. The van der Waals surface area contributed by atoms with Gasteiger partial charge in [-0.15, -0.1) is 0 Å². The molecule has 2 fully saturated rings. The first-order valence-electron chi connectivity index (χ1n) is 9.06. The van der Waals surface area contributed by atoms with Gasteiger partial charge in [-0.2, -0.15) is 0 Å². The molecule has 146 valence electrons. The number of benzene rings is 1. The van der Waals surface area contributed by atoms with Crippen LogP contribution in [0.3, 0.4) is 0 Å². The highest BCUT2D eigenvalue weighted by Gasteiger charge is 2.51. The van der Waals surface area contributed by atoms with E-state index in [-0.39, 0.29) is 23.6 Å². The summed E-state index contributed by atoms with van der Waals surface area (Å²) in [6, 6.07) is 1.97. The van der Waals surface area contributed by atoms with Crippen molar-refractivity contribution in [2.24, 2.45) is 0 Å². The number of nitrogens with one attached hydrogen (secondary N) is 1. The Balaban J connectivity index is 1.84. The topological polar surface area (TPSA) is 69.7 Å². The van der Waals surface area contributed by atoms with Gasteiger partial charge in [0.15, 0.2) is 0 Å². The standard InChI is InChI=1S/C19H23F2N3O3/c1-11-5-4-6-12(2)24(11)16(25)10-23-17(26)19(3,22-18(23)27)14-9-13(20)7-8-15(14)21/h7-9,11-12H,4-6,10H2,1-3H3,(H,22,27)/t11-,12+,19-/m0/s1. The van der Waals surface area contributed by atoms with E-state index in [2.05, 4.69) is 5.32 Å². The second kappa shape index (κ2) is 6.90. The molecule has 2 heterocycles. The van der Waals surface area contributed by atoms with Gasteiger partial charge in [-0.3, -0.25) is 14.5 Å². The number of hydrogen-bond donors (Lipinski definition) is 1. The van der Waals surface area contributed by atoms with Gasteiger partial charge in [0.05, 0.1) is 0 Å². The number of piperidine rings is 1. The predicted molar refractivity (Wildman–Crippen MR) is 93.6 cm³/mol. The minimum absolute atomic E-state index is 0.0223. The zero-order chi connectivity index (χ0) is 19.9. The summed E-state index contributed by atoms with van der Waals surface area (Å²) < 4.78 is 27.8. The van der Waals surface area contributed by atoms with Crippen molar-refractivity contribution >= 4 is 17.8 Å². The number of urea groups is 1. The van der Waals surface area contributed by atoms with Crippen LogP contribution in [0.15, 0.2) is 18.2 Å². The predicted octanol–water partition coefficient (Wildman–Crippen LogP) is 2.52. The lowest BCUT2D eigenvalue weighted by Crippen LogP contribution is -2.52. The third kappa shape index (κ3) is 3.28. The Morgan fingerprint density at radius 1 is 1.22 bits per heavy atom. The maximum atomic E-state index is 14.2. The molecule has 2 aliphatic heterocycles. The van der Waals surface area contributed by atoms with Crippen molar-refractivity contribution in [3.63, 3.8) is 0 Å². The molecule has 1 N–H and O–H groups in total. The van der Waals surface area contributed by atoms with Gasteiger partial charge in [-0.25, -0.2) is 13.6 Å². The molecule has 3 atom stereocenters. The Kier molecular flexibility index (Phi) is 4.92. The van der Waals surface area contributed by atoms with E-state index in [9.17, 15) is 23.2 Å². The highest BCUT2D eigenvalue weighted by Crippen LogP contribution is 2.31. The summed E-state index contributed by atoms with van der Waals surface area (Å²) >= 11 is 0. The van der Waals surface area contributed by atoms with Crippen molar-refractivity contribution in [2.45, 2.75) is 57.7 Å². The van der Waals surface area contributed by atoms with Gasteiger partial charge in [-0.1, -0.05) is 0 Å². The molecule has 0 spiro atoms. The highest BCUT2D eigenvalue weighted by atomic mass is 19.1. The van der Waals surface area contributed by atoms with Crippen LogP contribution >= 0.6 is 0 Å². The lowest BCUT2D eigenvalue weighted by atomic mass is 9.91. The van der Waals surface area contributed by atoms with E-state index in [0.717, 1.165) is 42.4 Å². The van der Waals surface area contributed by atoms with Gasteiger partial charge in [-0.05, 0) is 58.2 Å². The fraction of sp³-hybridized carbons (Fsp3) is 0.526. The summed E-state index contributed by atoms with van der Waals surface area (Å²) in [5, 5.41) is 2.41. The Morgan fingerprint density at radius 3 is 2.48 bits per heavy atom. The molecule has 2 saturated heterocycles. The van der Waals surface area contributed by atoms with Crippen LogP contribution in [-0.4, -0.2) is 46.3 Å². The first-order chi connectivity index (χ1) is 12.6. The largest absolute Gasteiger partial charge is 0.336 e. The molecule has 27 heavy (non-hydrogen) atoms. The number of amides is 4. The SMILES string of the molecule is C[C@@H]1CCC[C@H](C)N1C(=O)CN1C(=O)N[C@@](C)(c2cc(F)ccc2F)C1=O. The number of halogens is 2. The number of hydrogen-bond acceptors (Lipinski definition) is 3. The monoisotopic (exact) mass is 379 g/mol. The number of carbonyl (C=O) groups excluding carboxylic acids is 3. The van der Waals surface area contributed by atoms with Crippen LogP contribution in [0.2, 0.25) is 0 Å². The highest BCUT2D eigenvalue weighted by molar-refractivity contribution is 6.09. The molecular formula is C19H23F2N3O3. The minimum atomic E-state index is -1.76. The zero-order valence-corrected chi connectivity index (χ0v) is 15.6. The second-order valence-electron chi connectivity index (χ2n) is 7.50. The fourth-order valence-corrected chi connectivity index (χ4v) is 4.03. The first-order valence-corrected chi connectivity index (χ1v) is 9.06. The molecule has 0 saturated carbocycles. The van der Waals surface area contributed by atoms with Gasteiger partial charge in [0, 0.05) is 17.6 Å². The van der Waals surface area contributed by atoms with E-state index >= 15 is 0 Å². The normalized spacial score (nSPS) is 28.5. The van der Waals surface area contributed by atoms with Crippen molar-refractivity contribution in [1.82, 2.24) is 15.1 Å². The Labute approximate surface area is 156 Å². The molecule has 0 aliphatic carbocycles. The molecule has 0 bridgehead atoms. The molecule has 1 aromatic carbocycles. The number of nitrogens with zero attached hydrogens (tertiary/aromatic N) is 2. The Bertz CT molecular complexity index is 790. The average molecular weight is 379 g/mol. The Hall–Kier alpha value is -2.51. The van der Waals surface area contributed by atoms with Crippen molar-refractivity contribution < 1.29 is 23.2 Å². The van der Waals surface area contributed by atoms with Gasteiger partial charge < -0.3 is 10.2 Å². The maximum absolute atomic E-state index is 14.2. The summed E-state index contributed by atoms with van der Waals surface area (Å²) in [6.07, 6.45) is 2.75. The molecule has 2 aliphatic rings. The van der Waals surface area contributed by atoms with E-state index in [1.807, 2.05) is 13.8 Å². The quantitative estimate of drug-likeness (QED) is 0.821. The lowest BCUT2D eigenvalue weighted by molar-refractivity contribution is -0.142. The molecule has 3 rings (SSSR count). The van der Waals surface area contributed by atoms with Crippen LogP contribution in [0.1, 0.15) is 45.6 Å². The number of imide groups is 1. The number of rotatable bonds is 3. The minimum Gasteiger partial charge on any atom is -0.336 e. The first kappa shape index (κ1) is 19.3. The fourth-order valence-electron chi connectivity index (χ4n) is 4.03. The molecule has 1 aromatic rings. The van der Waals surface area contributed by atoms with Gasteiger partial charge in [0.1, 0.15) is 23.7 Å². The van der Waals surface area contributed by atoms with Crippen LogP contribution in [0, 0.1) is 11.6 Å². The van der Waals surface area contributed by atoms with Crippen molar-refractivity contribution in [1.29, 1.82) is 0 Å². The van der Waals surface area contributed by atoms with Crippen LogP contribution in [0.5, 0.6) is 0 Å². The average Bonchev–Trinajstić information content (AvgIpc) is 2.81. The summed E-state index contributed by atoms with van der Waals surface area (Å²) in [5.41, 5.74) is -2.03. The van der Waals surface area contributed by atoms with E-state index in [0.29, 0.717) is 0 Å². The molecule has 0 aromatic heterocycles. The molecule has 8 heteroatoms.